The average Bonchev–Trinajstić information content (AvgIpc) is 2.50. The van der Waals surface area contributed by atoms with Crippen LogP contribution in [-0.2, 0) is 6.42 Å². The number of pyridine rings is 1. The first-order valence-electron chi connectivity index (χ1n) is 7.07. The molecule has 0 bridgehead atoms. The van der Waals surface area contributed by atoms with Gasteiger partial charge in [0.05, 0.1) is 0 Å². The number of hydrogen-bond donors (Lipinski definition) is 1. The van der Waals surface area contributed by atoms with Crippen molar-refractivity contribution in [1.29, 1.82) is 0 Å². The first kappa shape index (κ1) is 13.6. The summed E-state index contributed by atoms with van der Waals surface area (Å²) in [5, 5.41) is 5.67. The molecule has 0 saturated carbocycles. The van der Waals surface area contributed by atoms with Crippen molar-refractivity contribution >= 4 is 16.6 Å². The van der Waals surface area contributed by atoms with Gasteiger partial charge in [0.25, 0.3) is 0 Å². The van der Waals surface area contributed by atoms with Gasteiger partial charge >= 0.3 is 0 Å². The number of anilines is 1. The molecule has 21 heavy (non-hydrogen) atoms. The van der Waals surface area contributed by atoms with Gasteiger partial charge in [-0.3, -0.25) is 0 Å². The van der Waals surface area contributed by atoms with Gasteiger partial charge in [-0.1, -0.05) is 30.3 Å². The maximum Gasteiger partial charge on any atom is 0.133 e. The van der Waals surface area contributed by atoms with Crippen LogP contribution in [0.5, 0.6) is 0 Å². The summed E-state index contributed by atoms with van der Waals surface area (Å²) < 4.78 is 13.1. The maximum atomic E-state index is 13.1. The van der Waals surface area contributed by atoms with Gasteiger partial charge in [-0.05, 0) is 48.1 Å². The Bertz CT molecular complexity index is 763. The van der Waals surface area contributed by atoms with Crippen molar-refractivity contribution in [2.45, 2.75) is 13.3 Å². The number of aromatic nitrogens is 1. The highest BCUT2D eigenvalue weighted by Gasteiger charge is 2.03. The zero-order valence-corrected chi connectivity index (χ0v) is 11.9. The second-order valence-electron chi connectivity index (χ2n) is 5.13. The Kier molecular flexibility index (Phi) is 3.82. The lowest BCUT2D eigenvalue weighted by Crippen LogP contribution is -2.07. The van der Waals surface area contributed by atoms with E-state index in [2.05, 4.69) is 22.4 Å². The normalized spacial score (nSPS) is 10.8. The van der Waals surface area contributed by atoms with Gasteiger partial charge < -0.3 is 5.32 Å². The summed E-state index contributed by atoms with van der Waals surface area (Å²) in [4.78, 5) is 4.40. The standard InChI is InChI=1S/C18H17FN2/c1-13-12-16(19)7-6-14(13)8-10-20-18-17-5-3-2-4-15(17)9-11-21-18/h2-7,9,11-12H,8,10H2,1H3,(H,20,21). The van der Waals surface area contributed by atoms with Crippen LogP contribution < -0.4 is 5.32 Å². The van der Waals surface area contributed by atoms with E-state index in [0.29, 0.717) is 0 Å². The molecule has 0 aliphatic carbocycles. The van der Waals surface area contributed by atoms with E-state index in [0.717, 1.165) is 35.3 Å². The number of rotatable bonds is 4. The number of benzene rings is 2. The smallest absolute Gasteiger partial charge is 0.133 e. The van der Waals surface area contributed by atoms with Crippen LogP contribution in [0.2, 0.25) is 0 Å². The van der Waals surface area contributed by atoms with Crippen LogP contribution in [0.1, 0.15) is 11.1 Å². The summed E-state index contributed by atoms with van der Waals surface area (Å²) >= 11 is 0. The predicted octanol–water partition coefficient (Wildman–Crippen LogP) is 4.34. The van der Waals surface area contributed by atoms with Gasteiger partial charge in [0, 0.05) is 18.1 Å². The van der Waals surface area contributed by atoms with Crippen LogP contribution in [0.4, 0.5) is 10.2 Å². The van der Waals surface area contributed by atoms with Gasteiger partial charge in [-0.2, -0.15) is 0 Å². The van der Waals surface area contributed by atoms with E-state index in [1.165, 1.54) is 11.5 Å². The number of nitrogens with zero attached hydrogens (tertiary/aromatic N) is 1. The fourth-order valence-corrected chi connectivity index (χ4v) is 2.52. The Hall–Kier alpha value is -2.42. The molecule has 3 heteroatoms. The van der Waals surface area contributed by atoms with Crippen molar-refractivity contribution in [2.24, 2.45) is 0 Å². The van der Waals surface area contributed by atoms with Crippen molar-refractivity contribution < 1.29 is 4.39 Å². The van der Waals surface area contributed by atoms with Gasteiger partial charge in [0.2, 0.25) is 0 Å². The van der Waals surface area contributed by atoms with E-state index in [9.17, 15) is 4.39 Å². The topological polar surface area (TPSA) is 24.9 Å². The molecular formula is C18H17FN2. The Morgan fingerprint density at radius 2 is 1.95 bits per heavy atom. The Balaban J connectivity index is 1.72. The van der Waals surface area contributed by atoms with Crippen molar-refractivity contribution in [3.05, 3.63) is 71.7 Å². The predicted molar refractivity (Wildman–Crippen MR) is 85.1 cm³/mol. The molecule has 0 atom stereocenters. The van der Waals surface area contributed by atoms with E-state index < -0.39 is 0 Å². The first-order valence-corrected chi connectivity index (χ1v) is 7.07. The Morgan fingerprint density at radius 3 is 2.81 bits per heavy atom. The molecule has 3 rings (SSSR count). The summed E-state index contributed by atoms with van der Waals surface area (Å²) in [6.07, 6.45) is 2.66. The van der Waals surface area contributed by atoms with Crippen LogP contribution in [0.15, 0.2) is 54.7 Å². The molecule has 2 aromatic carbocycles. The van der Waals surface area contributed by atoms with Crippen molar-refractivity contribution in [1.82, 2.24) is 4.98 Å². The molecule has 1 N–H and O–H groups in total. The average molecular weight is 280 g/mol. The molecule has 0 fully saturated rings. The van der Waals surface area contributed by atoms with Crippen LogP contribution in [-0.4, -0.2) is 11.5 Å². The highest BCUT2D eigenvalue weighted by Crippen LogP contribution is 2.20. The monoisotopic (exact) mass is 280 g/mol. The Morgan fingerprint density at radius 1 is 1.10 bits per heavy atom. The zero-order chi connectivity index (χ0) is 14.7. The van der Waals surface area contributed by atoms with Crippen LogP contribution in [0.25, 0.3) is 10.8 Å². The second-order valence-corrected chi connectivity index (χ2v) is 5.13. The molecule has 3 aromatic rings. The minimum atomic E-state index is -0.181. The number of hydrogen-bond acceptors (Lipinski definition) is 2. The SMILES string of the molecule is Cc1cc(F)ccc1CCNc1nccc2ccccc12. The third-order valence-electron chi connectivity index (χ3n) is 3.67. The third-order valence-corrected chi connectivity index (χ3v) is 3.67. The lowest BCUT2D eigenvalue weighted by atomic mass is 10.1. The van der Waals surface area contributed by atoms with Crippen molar-refractivity contribution in [2.75, 3.05) is 11.9 Å². The Labute approximate surface area is 123 Å². The fourth-order valence-electron chi connectivity index (χ4n) is 2.52. The van der Waals surface area contributed by atoms with Crippen LogP contribution >= 0.6 is 0 Å². The molecule has 1 heterocycles. The number of fused-ring (bicyclic) bond motifs is 1. The van der Waals surface area contributed by atoms with E-state index in [1.807, 2.05) is 37.4 Å². The minimum absolute atomic E-state index is 0.181. The highest BCUT2D eigenvalue weighted by atomic mass is 19.1. The van der Waals surface area contributed by atoms with Gasteiger partial charge in [0.1, 0.15) is 11.6 Å². The van der Waals surface area contributed by atoms with Crippen LogP contribution in [0, 0.1) is 12.7 Å². The molecule has 106 valence electrons. The van der Waals surface area contributed by atoms with E-state index in [4.69, 9.17) is 0 Å². The molecule has 0 radical (unpaired) electrons. The maximum absolute atomic E-state index is 13.1. The van der Waals surface area contributed by atoms with Gasteiger partial charge in [0.15, 0.2) is 0 Å². The lowest BCUT2D eigenvalue weighted by molar-refractivity contribution is 0.625. The van der Waals surface area contributed by atoms with E-state index >= 15 is 0 Å². The third kappa shape index (κ3) is 3.02. The lowest BCUT2D eigenvalue weighted by Gasteiger charge is -2.10. The summed E-state index contributed by atoms with van der Waals surface area (Å²) in [6.45, 7) is 2.71. The number of nitrogens with one attached hydrogen (secondary N) is 1. The minimum Gasteiger partial charge on any atom is -0.369 e. The number of aryl methyl sites for hydroxylation is 1. The van der Waals surface area contributed by atoms with Gasteiger partial charge in [-0.15, -0.1) is 0 Å². The van der Waals surface area contributed by atoms with E-state index in [1.54, 1.807) is 6.07 Å². The van der Waals surface area contributed by atoms with Crippen molar-refractivity contribution in [3.63, 3.8) is 0 Å². The molecule has 0 spiro atoms. The van der Waals surface area contributed by atoms with Crippen molar-refractivity contribution in [3.8, 4) is 0 Å². The van der Waals surface area contributed by atoms with Gasteiger partial charge in [-0.25, -0.2) is 9.37 Å². The molecule has 2 nitrogen and oxygen atoms in total. The fraction of sp³-hybridized carbons (Fsp3) is 0.167. The number of halogens is 1. The van der Waals surface area contributed by atoms with E-state index in [-0.39, 0.29) is 5.82 Å². The summed E-state index contributed by atoms with van der Waals surface area (Å²) in [6, 6.07) is 15.1. The largest absolute Gasteiger partial charge is 0.369 e. The molecule has 0 aliphatic heterocycles. The van der Waals surface area contributed by atoms with Crippen LogP contribution in [0.3, 0.4) is 0 Å². The quantitative estimate of drug-likeness (QED) is 0.769. The molecule has 0 unspecified atom stereocenters. The second kappa shape index (κ2) is 5.92. The summed E-state index contributed by atoms with van der Waals surface area (Å²) in [7, 11) is 0. The first-order chi connectivity index (χ1) is 10.2. The molecule has 0 saturated heterocycles. The zero-order valence-electron chi connectivity index (χ0n) is 11.9. The summed E-state index contributed by atoms with van der Waals surface area (Å²) in [5.41, 5.74) is 2.15. The molecule has 0 amide bonds. The summed E-state index contributed by atoms with van der Waals surface area (Å²) in [5.74, 6) is 0.716. The molecule has 1 aromatic heterocycles. The molecule has 0 aliphatic rings. The highest BCUT2D eigenvalue weighted by molar-refractivity contribution is 5.91. The molecular weight excluding hydrogens is 263 g/mol.